The average Bonchev–Trinajstić information content (AvgIpc) is 0.722. The molecular formula is H2DyO4S. The van der Waals surface area contributed by atoms with E-state index in [-0.39, 0.29) is 38.2 Å². The molecule has 0 saturated carbocycles. The van der Waals surface area contributed by atoms with E-state index in [1.165, 1.54) is 0 Å². The molecule has 0 radical (unpaired) electrons. The Kier molecular flexibility index (Phi) is 5.41. The number of rotatable bonds is 0. The van der Waals surface area contributed by atoms with Crippen LogP contribution in [0, 0.1) is 38.2 Å². The van der Waals surface area contributed by atoms with E-state index in [1.54, 1.807) is 0 Å². The largest absolute Gasteiger partial charge is 0.394 e. The first-order chi connectivity index (χ1) is 2.00. The summed E-state index contributed by atoms with van der Waals surface area (Å²) in [5, 5.41) is 0. The Hall–Kier alpha value is 1.14. The van der Waals surface area contributed by atoms with Gasteiger partial charge in [-0.1, -0.05) is 0 Å². The van der Waals surface area contributed by atoms with Gasteiger partial charge >= 0.3 is 10.4 Å². The maximum absolute atomic E-state index is 8.74. The van der Waals surface area contributed by atoms with Crippen LogP contribution in [0.3, 0.4) is 0 Å². The van der Waals surface area contributed by atoms with E-state index < -0.39 is 10.4 Å². The predicted octanol–water partition coefficient (Wildman–Crippen LogP) is -0.653. The van der Waals surface area contributed by atoms with Gasteiger partial charge in [0.25, 0.3) is 0 Å². The van der Waals surface area contributed by atoms with E-state index in [1.807, 2.05) is 0 Å². The van der Waals surface area contributed by atoms with Crippen LogP contribution in [0.15, 0.2) is 0 Å². The second kappa shape index (κ2) is 3.18. The maximum atomic E-state index is 8.74. The zero-order valence-corrected chi connectivity index (χ0v) is 5.28. The van der Waals surface area contributed by atoms with Crippen molar-refractivity contribution in [3.63, 3.8) is 0 Å². The molecule has 42 valence electrons. The van der Waals surface area contributed by atoms with Crippen LogP contribution in [0.25, 0.3) is 0 Å². The van der Waals surface area contributed by atoms with E-state index in [0.717, 1.165) is 0 Å². The summed E-state index contributed by atoms with van der Waals surface area (Å²) in [6, 6.07) is 0. The van der Waals surface area contributed by atoms with E-state index in [2.05, 4.69) is 0 Å². The minimum atomic E-state index is -4.67. The first-order valence-corrected chi connectivity index (χ1v) is 2.10. The van der Waals surface area contributed by atoms with Gasteiger partial charge in [-0.15, -0.1) is 0 Å². The van der Waals surface area contributed by atoms with Crippen molar-refractivity contribution in [2.75, 3.05) is 0 Å². The molecule has 0 rings (SSSR count). The Balaban J connectivity index is 0. The molecule has 0 aromatic rings. The summed E-state index contributed by atoms with van der Waals surface area (Å²) in [5.41, 5.74) is 0. The van der Waals surface area contributed by atoms with E-state index in [9.17, 15) is 0 Å². The monoisotopic (exact) mass is 262 g/mol. The SMILES string of the molecule is O=S(=O)(O)O.[Dy]. The third-order valence-corrected chi connectivity index (χ3v) is 0. The third-order valence-electron chi connectivity index (χ3n) is 0. The molecule has 0 aromatic heterocycles. The van der Waals surface area contributed by atoms with Crippen molar-refractivity contribution in [3.8, 4) is 0 Å². The molecule has 0 aliphatic carbocycles. The Labute approximate surface area is 65.5 Å². The van der Waals surface area contributed by atoms with Crippen molar-refractivity contribution in [3.05, 3.63) is 0 Å². The molecule has 0 aliphatic heterocycles. The molecule has 6 heteroatoms. The summed E-state index contributed by atoms with van der Waals surface area (Å²) in [4.78, 5) is 0. The molecule has 0 heterocycles. The second-order valence-corrected chi connectivity index (χ2v) is 1.34. The molecule has 0 saturated heterocycles. The molecule has 0 amide bonds. The standard InChI is InChI=1S/Dy.H2O4S/c;1-5(2,3)4/h;(H2,1,2,3,4). The van der Waals surface area contributed by atoms with Crippen molar-refractivity contribution < 1.29 is 55.7 Å². The quantitative estimate of drug-likeness (QED) is 0.568. The molecule has 4 nitrogen and oxygen atoms in total. The molecule has 0 fully saturated rings. The van der Waals surface area contributed by atoms with Crippen LogP contribution in [-0.4, -0.2) is 17.5 Å². The zero-order chi connectivity index (χ0) is 4.50. The molecule has 0 bridgehead atoms. The van der Waals surface area contributed by atoms with Gasteiger partial charge in [-0.05, 0) is 0 Å². The summed E-state index contributed by atoms with van der Waals surface area (Å²) in [7, 11) is -4.67. The number of hydrogen-bond acceptors (Lipinski definition) is 2. The molecule has 0 unspecified atom stereocenters. The molecule has 6 heavy (non-hydrogen) atoms. The minimum absolute atomic E-state index is 0. The Morgan fingerprint density at radius 3 is 1.17 bits per heavy atom. The molecule has 0 atom stereocenters. The molecular weight excluding hydrogens is 259 g/mol. The third kappa shape index (κ3) is 67.6. The Morgan fingerprint density at radius 1 is 1.17 bits per heavy atom. The van der Waals surface area contributed by atoms with Gasteiger partial charge in [0.15, 0.2) is 0 Å². The Bertz CT molecular complexity index is 90.7. The fourth-order valence-electron chi connectivity index (χ4n) is 0. The van der Waals surface area contributed by atoms with E-state index in [0.29, 0.717) is 0 Å². The average molecular weight is 261 g/mol. The van der Waals surface area contributed by atoms with Crippen LogP contribution < -0.4 is 0 Å². The summed E-state index contributed by atoms with van der Waals surface area (Å²) >= 11 is 0. The van der Waals surface area contributed by atoms with Crippen molar-refractivity contribution in [1.29, 1.82) is 0 Å². The van der Waals surface area contributed by atoms with Crippen molar-refractivity contribution in [2.24, 2.45) is 0 Å². The normalized spacial score (nSPS) is 9.67. The summed E-state index contributed by atoms with van der Waals surface area (Å²) in [6.45, 7) is 0. The van der Waals surface area contributed by atoms with Crippen molar-refractivity contribution in [1.82, 2.24) is 0 Å². The topological polar surface area (TPSA) is 74.6 Å². The van der Waals surface area contributed by atoms with Gasteiger partial charge in [0.1, 0.15) is 0 Å². The van der Waals surface area contributed by atoms with Gasteiger partial charge in [0.2, 0.25) is 0 Å². The molecule has 0 aliphatic rings. The second-order valence-electron chi connectivity index (χ2n) is 0.448. The van der Waals surface area contributed by atoms with Gasteiger partial charge in [0, 0.05) is 38.2 Å². The smallest absolute Gasteiger partial charge is 0.264 e. The van der Waals surface area contributed by atoms with Gasteiger partial charge in [0.05, 0.1) is 0 Å². The van der Waals surface area contributed by atoms with Crippen LogP contribution in [-0.2, 0) is 10.4 Å². The fourth-order valence-corrected chi connectivity index (χ4v) is 0. The van der Waals surface area contributed by atoms with Crippen molar-refractivity contribution >= 4 is 10.4 Å². The summed E-state index contributed by atoms with van der Waals surface area (Å²) in [5.74, 6) is 0. The van der Waals surface area contributed by atoms with E-state index in [4.69, 9.17) is 17.5 Å². The van der Waals surface area contributed by atoms with Crippen LogP contribution in [0.2, 0.25) is 0 Å². The molecule has 2 N–H and O–H groups in total. The Morgan fingerprint density at radius 2 is 1.17 bits per heavy atom. The van der Waals surface area contributed by atoms with E-state index >= 15 is 0 Å². The number of hydrogen-bond donors (Lipinski definition) is 2. The maximum Gasteiger partial charge on any atom is 0.394 e. The van der Waals surface area contributed by atoms with Gasteiger partial charge in [-0.25, -0.2) is 0 Å². The predicted molar refractivity (Wildman–Crippen MR) is 14.2 cm³/mol. The minimum Gasteiger partial charge on any atom is -0.264 e. The van der Waals surface area contributed by atoms with Crippen LogP contribution >= 0.6 is 0 Å². The zero-order valence-electron chi connectivity index (χ0n) is 2.44. The molecule has 0 spiro atoms. The fraction of sp³-hybridized carbons (Fsp3) is 0. The van der Waals surface area contributed by atoms with Crippen LogP contribution in [0.1, 0.15) is 0 Å². The first kappa shape index (κ1) is 10.2. The van der Waals surface area contributed by atoms with Crippen LogP contribution in [0.5, 0.6) is 0 Å². The van der Waals surface area contributed by atoms with Gasteiger partial charge < -0.3 is 0 Å². The van der Waals surface area contributed by atoms with Crippen LogP contribution in [0.4, 0.5) is 0 Å². The molecule has 0 aromatic carbocycles. The summed E-state index contributed by atoms with van der Waals surface area (Å²) in [6.07, 6.45) is 0. The summed E-state index contributed by atoms with van der Waals surface area (Å²) < 4.78 is 31.6. The first-order valence-electron chi connectivity index (χ1n) is 0.698. The van der Waals surface area contributed by atoms with Crippen molar-refractivity contribution in [2.45, 2.75) is 0 Å². The van der Waals surface area contributed by atoms with Gasteiger partial charge in [-0.2, -0.15) is 8.42 Å². The van der Waals surface area contributed by atoms with Gasteiger partial charge in [-0.3, -0.25) is 9.11 Å².